The van der Waals surface area contributed by atoms with Gasteiger partial charge < -0.3 is 10.2 Å². The van der Waals surface area contributed by atoms with E-state index in [1.807, 2.05) is 18.9 Å². The van der Waals surface area contributed by atoms with Crippen LogP contribution in [0.3, 0.4) is 0 Å². The Morgan fingerprint density at radius 2 is 1.83 bits per heavy atom. The number of nitrogens with zero attached hydrogens (tertiary/aromatic N) is 2. The van der Waals surface area contributed by atoms with Gasteiger partial charge in [-0.25, -0.2) is 0 Å². The van der Waals surface area contributed by atoms with Crippen LogP contribution in [0.2, 0.25) is 0 Å². The number of carbonyl (C=O) groups is 1. The fraction of sp³-hybridized carbons (Fsp3) is 0.692. The Bertz CT molecular complexity index is 408. The second-order valence-corrected chi connectivity index (χ2v) is 5.56. The van der Waals surface area contributed by atoms with Crippen LogP contribution in [0, 0.1) is 6.92 Å². The summed E-state index contributed by atoms with van der Waals surface area (Å²) in [6, 6.07) is 0. The molecule has 1 aromatic heterocycles. The van der Waals surface area contributed by atoms with Gasteiger partial charge in [-0.05, 0) is 31.3 Å². The molecule has 0 atom stereocenters. The van der Waals surface area contributed by atoms with E-state index in [4.69, 9.17) is 0 Å². The summed E-state index contributed by atoms with van der Waals surface area (Å²) >= 11 is 1.37. The van der Waals surface area contributed by atoms with Crippen molar-refractivity contribution >= 4 is 22.4 Å². The highest BCUT2D eigenvalue weighted by atomic mass is 32.1. The lowest BCUT2D eigenvalue weighted by molar-refractivity contribution is 0.0743. The molecule has 5 heteroatoms. The Balaban J connectivity index is 2.15. The monoisotopic (exact) mass is 267 g/mol. The third-order valence-electron chi connectivity index (χ3n) is 3.45. The van der Waals surface area contributed by atoms with E-state index >= 15 is 0 Å². The number of aryl methyl sites for hydroxylation is 1. The van der Waals surface area contributed by atoms with Crippen molar-refractivity contribution in [1.29, 1.82) is 0 Å². The van der Waals surface area contributed by atoms with E-state index in [9.17, 15) is 4.79 Å². The van der Waals surface area contributed by atoms with Crippen LogP contribution in [0.1, 0.15) is 48.2 Å². The molecule has 18 heavy (non-hydrogen) atoms. The van der Waals surface area contributed by atoms with Crippen molar-refractivity contribution in [3.8, 4) is 0 Å². The maximum absolute atomic E-state index is 12.6. The molecule has 1 N–H and O–H groups in total. The summed E-state index contributed by atoms with van der Waals surface area (Å²) in [6.07, 6.45) is 6.03. The predicted molar refractivity (Wildman–Crippen MR) is 75.4 cm³/mol. The summed E-state index contributed by atoms with van der Waals surface area (Å²) in [5, 5.41) is 3.96. The fourth-order valence-electron chi connectivity index (χ4n) is 2.40. The molecule has 2 heterocycles. The molecule has 0 radical (unpaired) electrons. The van der Waals surface area contributed by atoms with Crippen molar-refractivity contribution in [2.45, 2.75) is 39.0 Å². The minimum atomic E-state index is 0.146. The molecule has 0 saturated carbocycles. The van der Waals surface area contributed by atoms with Crippen LogP contribution >= 0.6 is 11.5 Å². The molecule has 2 rings (SSSR count). The van der Waals surface area contributed by atoms with Crippen molar-refractivity contribution in [3.63, 3.8) is 0 Å². The van der Waals surface area contributed by atoms with E-state index in [-0.39, 0.29) is 5.91 Å². The quantitative estimate of drug-likeness (QED) is 0.896. The van der Waals surface area contributed by atoms with E-state index in [0.717, 1.165) is 42.2 Å². The molecule has 1 amide bonds. The number of anilines is 1. The molecule has 0 aromatic carbocycles. The number of aromatic nitrogens is 1. The third kappa shape index (κ3) is 2.83. The number of carbonyl (C=O) groups excluding carboxylic acids is 1. The van der Waals surface area contributed by atoms with E-state index < -0.39 is 0 Å². The normalized spacial score (nSPS) is 17.1. The largest absolute Gasteiger partial charge is 0.378 e. The minimum absolute atomic E-state index is 0.146. The molecule has 0 aliphatic carbocycles. The van der Waals surface area contributed by atoms with E-state index in [2.05, 4.69) is 9.69 Å². The highest BCUT2D eigenvalue weighted by Gasteiger charge is 2.23. The first-order valence-electron chi connectivity index (χ1n) is 6.67. The van der Waals surface area contributed by atoms with Gasteiger partial charge in [-0.2, -0.15) is 4.37 Å². The summed E-state index contributed by atoms with van der Waals surface area (Å²) in [5.74, 6) is 0.146. The molecule has 1 aliphatic rings. The van der Waals surface area contributed by atoms with Crippen molar-refractivity contribution in [1.82, 2.24) is 9.27 Å². The van der Waals surface area contributed by atoms with Gasteiger partial charge in [-0.3, -0.25) is 4.79 Å². The van der Waals surface area contributed by atoms with Crippen LogP contribution in [0.25, 0.3) is 0 Å². The number of hydrogen-bond acceptors (Lipinski definition) is 4. The fourth-order valence-corrected chi connectivity index (χ4v) is 3.14. The van der Waals surface area contributed by atoms with Crippen LogP contribution < -0.4 is 5.32 Å². The van der Waals surface area contributed by atoms with Crippen molar-refractivity contribution in [2.75, 3.05) is 25.5 Å². The Morgan fingerprint density at radius 3 is 2.44 bits per heavy atom. The topological polar surface area (TPSA) is 45.2 Å². The van der Waals surface area contributed by atoms with Gasteiger partial charge in [0.05, 0.1) is 11.3 Å². The van der Waals surface area contributed by atoms with Crippen molar-refractivity contribution in [2.24, 2.45) is 0 Å². The lowest BCUT2D eigenvalue weighted by Gasteiger charge is -2.25. The van der Waals surface area contributed by atoms with Crippen LogP contribution in [0.15, 0.2) is 0 Å². The molecular weight excluding hydrogens is 246 g/mol. The van der Waals surface area contributed by atoms with Gasteiger partial charge >= 0.3 is 0 Å². The van der Waals surface area contributed by atoms with Gasteiger partial charge in [-0.1, -0.05) is 19.3 Å². The Labute approximate surface area is 113 Å². The van der Waals surface area contributed by atoms with Gasteiger partial charge in [0.1, 0.15) is 5.00 Å². The Hall–Kier alpha value is -1.10. The van der Waals surface area contributed by atoms with Crippen molar-refractivity contribution in [3.05, 3.63) is 11.3 Å². The van der Waals surface area contributed by atoms with Gasteiger partial charge in [0.15, 0.2) is 0 Å². The second kappa shape index (κ2) is 6.18. The molecule has 0 spiro atoms. The smallest absolute Gasteiger partial charge is 0.258 e. The van der Waals surface area contributed by atoms with Crippen LogP contribution in [-0.2, 0) is 0 Å². The molecule has 1 aromatic rings. The first kappa shape index (κ1) is 13.3. The molecule has 0 bridgehead atoms. The summed E-state index contributed by atoms with van der Waals surface area (Å²) in [5.41, 5.74) is 1.61. The first-order valence-corrected chi connectivity index (χ1v) is 7.44. The standard InChI is InChI=1S/C13H21N3OS/c1-10-11(12(14-2)18-15-10)13(17)16-8-6-4-3-5-7-9-16/h14H,3-9H2,1-2H3. The minimum Gasteiger partial charge on any atom is -0.378 e. The molecule has 1 saturated heterocycles. The number of nitrogens with one attached hydrogen (secondary N) is 1. The number of rotatable bonds is 2. The maximum atomic E-state index is 12.6. The summed E-state index contributed by atoms with van der Waals surface area (Å²) in [7, 11) is 1.84. The van der Waals surface area contributed by atoms with Gasteiger partial charge in [0, 0.05) is 20.1 Å². The third-order valence-corrected chi connectivity index (χ3v) is 4.40. The second-order valence-electron chi connectivity index (χ2n) is 4.78. The van der Waals surface area contributed by atoms with Gasteiger partial charge in [0.2, 0.25) is 0 Å². The number of hydrogen-bond donors (Lipinski definition) is 1. The highest BCUT2D eigenvalue weighted by molar-refractivity contribution is 7.10. The number of likely N-dealkylation sites (tertiary alicyclic amines) is 1. The Morgan fingerprint density at radius 1 is 1.22 bits per heavy atom. The van der Waals surface area contributed by atoms with E-state index in [1.54, 1.807) is 0 Å². The highest BCUT2D eigenvalue weighted by Crippen LogP contribution is 2.26. The average molecular weight is 267 g/mol. The zero-order chi connectivity index (χ0) is 13.0. The van der Waals surface area contributed by atoms with Crippen molar-refractivity contribution < 1.29 is 4.79 Å². The SMILES string of the molecule is CNc1snc(C)c1C(=O)N1CCCCCCC1. The number of amides is 1. The molecular formula is C13H21N3OS. The predicted octanol–water partition coefficient (Wildman–Crippen LogP) is 2.90. The van der Waals surface area contributed by atoms with Crippen LogP contribution in [0.4, 0.5) is 5.00 Å². The van der Waals surface area contributed by atoms with Crippen LogP contribution in [-0.4, -0.2) is 35.3 Å². The molecule has 0 unspecified atom stereocenters. The zero-order valence-corrected chi connectivity index (χ0v) is 12.0. The van der Waals surface area contributed by atoms with E-state index in [1.165, 1.54) is 30.8 Å². The lowest BCUT2D eigenvalue weighted by atomic mass is 10.1. The molecule has 100 valence electrons. The maximum Gasteiger partial charge on any atom is 0.258 e. The average Bonchev–Trinajstić information content (AvgIpc) is 2.69. The zero-order valence-electron chi connectivity index (χ0n) is 11.2. The molecule has 1 aliphatic heterocycles. The van der Waals surface area contributed by atoms with Crippen LogP contribution in [0.5, 0.6) is 0 Å². The van der Waals surface area contributed by atoms with Gasteiger partial charge in [0.25, 0.3) is 5.91 Å². The summed E-state index contributed by atoms with van der Waals surface area (Å²) < 4.78 is 4.28. The van der Waals surface area contributed by atoms with Gasteiger partial charge in [-0.15, -0.1) is 0 Å². The molecule has 1 fully saturated rings. The van der Waals surface area contributed by atoms with E-state index in [0.29, 0.717) is 0 Å². The Kier molecular flexibility index (Phi) is 4.58. The summed E-state index contributed by atoms with van der Waals surface area (Å²) in [6.45, 7) is 3.68. The first-order chi connectivity index (χ1) is 8.74. The molecule has 4 nitrogen and oxygen atoms in total. The lowest BCUT2D eigenvalue weighted by Crippen LogP contribution is -2.34. The summed E-state index contributed by atoms with van der Waals surface area (Å²) in [4.78, 5) is 14.6.